The summed E-state index contributed by atoms with van der Waals surface area (Å²) in [6, 6.07) is 1.71. The Bertz CT molecular complexity index is 456. The van der Waals surface area contributed by atoms with E-state index < -0.39 is 6.10 Å². The van der Waals surface area contributed by atoms with Gasteiger partial charge < -0.3 is 20.1 Å². The van der Waals surface area contributed by atoms with E-state index >= 15 is 0 Å². The minimum Gasteiger partial charge on any atom is -0.389 e. The molecule has 0 spiro atoms. The number of hydrogen-bond donors (Lipinski definition) is 2. The lowest BCUT2D eigenvalue weighted by Crippen LogP contribution is -2.36. The van der Waals surface area contributed by atoms with E-state index in [2.05, 4.69) is 26.2 Å². The highest BCUT2D eigenvalue weighted by Crippen LogP contribution is 2.19. The fraction of sp³-hybridized carbons (Fsp3) is 0.538. The van der Waals surface area contributed by atoms with Gasteiger partial charge in [0.2, 0.25) is 0 Å². The number of anilines is 1. The van der Waals surface area contributed by atoms with E-state index in [1.807, 2.05) is 6.92 Å². The first kappa shape index (κ1) is 16.9. The number of nitrogens with one attached hydrogen (secondary N) is 1. The predicted octanol–water partition coefficient (Wildman–Crippen LogP) is 1.36. The van der Waals surface area contributed by atoms with Crippen LogP contribution in [0.2, 0.25) is 0 Å². The van der Waals surface area contributed by atoms with Gasteiger partial charge in [-0.25, -0.2) is 4.98 Å². The Hall–Kier alpha value is -1.18. The average molecular weight is 346 g/mol. The number of pyridine rings is 1. The molecule has 1 atom stereocenters. The molecule has 1 unspecified atom stereocenters. The Balaban J connectivity index is 2.87. The van der Waals surface area contributed by atoms with Crippen molar-refractivity contribution in [1.82, 2.24) is 9.88 Å². The first-order valence-electron chi connectivity index (χ1n) is 6.31. The van der Waals surface area contributed by atoms with Crippen LogP contribution in [0.3, 0.4) is 0 Å². The number of amides is 1. The molecule has 0 fully saturated rings. The van der Waals surface area contributed by atoms with Crippen molar-refractivity contribution >= 4 is 27.7 Å². The first-order chi connectivity index (χ1) is 9.49. The summed E-state index contributed by atoms with van der Waals surface area (Å²) in [7, 11) is 3.14. The first-order valence-corrected chi connectivity index (χ1v) is 7.10. The molecule has 1 heterocycles. The lowest BCUT2D eigenvalue weighted by atomic mass is 10.2. The number of hydrogen-bond acceptors (Lipinski definition) is 5. The molecule has 112 valence electrons. The third kappa shape index (κ3) is 4.73. The lowest BCUT2D eigenvalue weighted by Gasteiger charge is -2.21. The van der Waals surface area contributed by atoms with Gasteiger partial charge in [-0.3, -0.25) is 4.79 Å². The second kappa shape index (κ2) is 8.18. The van der Waals surface area contributed by atoms with Crippen LogP contribution in [0.15, 0.2) is 16.7 Å². The molecular weight excluding hydrogens is 326 g/mol. The van der Waals surface area contributed by atoms with E-state index in [1.54, 1.807) is 19.3 Å². The standard InChI is InChI=1S/C13H20BrN3O3/c1-4-15-12-11(5-9(14)6-16-12)13(19)17(2)7-10(18)8-20-3/h5-6,10,18H,4,7-8H2,1-3H3,(H,15,16). The summed E-state index contributed by atoms with van der Waals surface area (Å²) >= 11 is 3.31. The monoisotopic (exact) mass is 345 g/mol. The minimum absolute atomic E-state index is 0.189. The summed E-state index contributed by atoms with van der Waals surface area (Å²) in [6.07, 6.45) is 0.922. The molecule has 0 aliphatic carbocycles. The van der Waals surface area contributed by atoms with Gasteiger partial charge in [-0.1, -0.05) is 0 Å². The number of aromatic nitrogens is 1. The van der Waals surface area contributed by atoms with E-state index in [-0.39, 0.29) is 19.1 Å². The van der Waals surface area contributed by atoms with Crippen molar-refractivity contribution in [2.24, 2.45) is 0 Å². The highest BCUT2D eigenvalue weighted by molar-refractivity contribution is 9.10. The van der Waals surface area contributed by atoms with Crippen LogP contribution in [0, 0.1) is 0 Å². The van der Waals surface area contributed by atoms with Gasteiger partial charge in [-0.15, -0.1) is 0 Å². The largest absolute Gasteiger partial charge is 0.389 e. The van der Waals surface area contributed by atoms with Crippen LogP contribution in [0.5, 0.6) is 0 Å². The van der Waals surface area contributed by atoms with Gasteiger partial charge in [-0.2, -0.15) is 0 Å². The highest BCUT2D eigenvalue weighted by atomic mass is 79.9. The zero-order chi connectivity index (χ0) is 15.1. The van der Waals surface area contributed by atoms with Crippen molar-refractivity contribution in [3.63, 3.8) is 0 Å². The summed E-state index contributed by atoms with van der Waals surface area (Å²) < 4.78 is 5.58. The molecule has 1 rings (SSSR count). The maximum absolute atomic E-state index is 12.4. The van der Waals surface area contributed by atoms with Crippen molar-refractivity contribution in [3.05, 3.63) is 22.3 Å². The summed E-state index contributed by atoms with van der Waals surface area (Å²) in [4.78, 5) is 18.1. The number of carbonyl (C=O) groups excluding carboxylic acids is 1. The Morgan fingerprint density at radius 1 is 1.65 bits per heavy atom. The van der Waals surface area contributed by atoms with Crippen LogP contribution in [0.1, 0.15) is 17.3 Å². The molecule has 20 heavy (non-hydrogen) atoms. The summed E-state index contributed by atoms with van der Waals surface area (Å²) in [6.45, 7) is 2.99. The molecule has 1 aromatic rings. The van der Waals surface area contributed by atoms with Crippen molar-refractivity contribution in [1.29, 1.82) is 0 Å². The van der Waals surface area contributed by atoms with Gasteiger partial charge in [0.25, 0.3) is 5.91 Å². The van der Waals surface area contributed by atoms with Gasteiger partial charge in [-0.05, 0) is 28.9 Å². The van der Waals surface area contributed by atoms with E-state index in [9.17, 15) is 9.90 Å². The topological polar surface area (TPSA) is 74.7 Å². The lowest BCUT2D eigenvalue weighted by molar-refractivity contribution is 0.0380. The molecule has 1 amide bonds. The van der Waals surface area contributed by atoms with Crippen LogP contribution >= 0.6 is 15.9 Å². The quantitative estimate of drug-likeness (QED) is 0.780. The second-order valence-corrected chi connectivity index (χ2v) is 5.29. The fourth-order valence-corrected chi connectivity index (χ4v) is 2.09. The Morgan fingerprint density at radius 3 is 2.95 bits per heavy atom. The van der Waals surface area contributed by atoms with E-state index in [1.165, 1.54) is 12.0 Å². The van der Waals surface area contributed by atoms with Crippen molar-refractivity contribution in [2.45, 2.75) is 13.0 Å². The van der Waals surface area contributed by atoms with E-state index in [0.717, 1.165) is 4.47 Å². The Morgan fingerprint density at radius 2 is 2.35 bits per heavy atom. The molecule has 0 aliphatic rings. The molecular formula is C13H20BrN3O3. The van der Waals surface area contributed by atoms with Crippen LogP contribution in [-0.2, 0) is 4.74 Å². The molecule has 0 radical (unpaired) electrons. The van der Waals surface area contributed by atoms with Crippen LogP contribution in [-0.4, -0.2) is 60.9 Å². The van der Waals surface area contributed by atoms with E-state index in [4.69, 9.17) is 4.74 Å². The number of likely N-dealkylation sites (N-methyl/N-ethyl adjacent to an activating group) is 1. The number of carbonyl (C=O) groups is 1. The predicted molar refractivity (Wildman–Crippen MR) is 80.9 cm³/mol. The highest BCUT2D eigenvalue weighted by Gasteiger charge is 2.19. The van der Waals surface area contributed by atoms with Crippen molar-refractivity contribution in [3.8, 4) is 0 Å². The smallest absolute Gasteiger partial charge is 0.257 e. The molecule has 0 aliphatic heterocycles. The maximum Gasteiger partial charge on any atom is 0.257 e. The third-order valence-electron chi connectivity index (χ3n) is 2.62. The van der Waals surface area contributed by atoms with Gasteiger partial charge >= 0.3 is 0 Å². The number of aliphatic hydroxyl groups excluding tert-OH is 1. The van der Waals surface area contributed by atoms with Crippen molar-refractivity contribution in [2.75, 3.05) is 39.2 Å². The minimum atomic E-state index is -0.711. The zero-order valence-electron chi connectivity index (χ0n) is 11.9. The van der Waals surface area contributed by atoms with Gasteiger partial charge in [0.05, 0.1) is 18.3 Å². The SMILES string of the molecule is CCNc1ncc(Br)cc1C(=O)N(C)CC(O)COC. The molecule has 7 heteroatoms. The van der Waals surface area contributed by atoms with Crippen LogP contribution in [0.25, 0.3) is 0 Å². The van der Waals surface area contributed by atoms with Crippen LogP contribution in [0.4, 0.5) is 5.82 Å². The summed E-state index contributed by atoms with van der Waals surface area (Å²) in [5.41, 5.74) is 0.466. The maximum atomic E-state index is 12.4. The van der Waals surface area contributed by atoms with Crippen molar-refractivity contribution < 1.29 is 14.6 Å². The number of aliphatic hydroxyl groups is 1. The molecule has 0 saturated carbocycles. The fourth-order valence-electron chi connectivity index (χ4n) is 1.76. The zero-order valence-corrected chi connectivity index (χ0v) is 13.5. The number of halogens is 1. The Labute approximate surface area is 127 Å². The third-order valence-corrected chi connectivity index (χ3v) is 3.05. The van der Waals surface area contributed by atoms with Gasteiger partial charge in [0, 0.05) is 37.9 Å². The molecule has 6 nitrogen and oxygen atoms in total. The second-order valence-electron chi connectivity index (χ2n) is 4.37. The molecule has 0 saturated heterocycles. The number of ether oxygens (including phenoxy) is 1. The number of methoxy groups -OCH3 is 1. The molecule has 1 aromatic heterocycles. The summed E-state index contributed by atoms with van der Waals surface area (Å²) in [5, 5.41) is 12.7. The summed E-state index contributed by atoms with van der Waals surface area (Å²) in [5.74, 6) is 0.332. The molecule has 0 bridgehead atoms. The average Bonchev–Trinajstić information content (AvgIpc) is 2.40. The van der Waals surface area contributed by atoms with E-state index in [0.29, 0.717) is 17.9 Å². The number of rotatable bonds is 7. The van der Waals surface area contributed by atoms with Crippen LogP contribution < -0.4 is 5.32 Å². The molecule has 2 N–H and O–H groups in total. The number of nitrogens with zero attached hydrogens (tertiary/aromatic N) is 2. The Kier molecular flexibility index (Phi) is 6.90. The normalized spacial score (nSPS) is 12.1. The van der Waals surface area contributed by atoms with Gasteiger partial charge in [0.15, 0.2) is 0 Å². The molecule has 0 aromatic carbocycles. The van der Waals surface area contributed by atoms with Gasteiger partial charge in [0.1, 0.15) is 5.82 Å².